The Bertz CT molecular complexity index is 1200. The van der Waals surface area contributed by atoms with E-state index in [1.807, 2.05) is 104 Å². The van der Waals surface area contributed by atoms with Crippen molar-refractivity contribution in [1.82, 2.24) is 9.88 Å². The number of benzene rings is 3. The fraction of sp³-hybridized carbons (Fsp3) is 0.214. The molecule has 34 heavy (non-hydrogen) atoms. The number of carbonyl (C=O) groups is 1. The first-order chi connectivity index (χ1) is 16.5. The lowest BCUT2D eigenvalue weighted by Crippen LogP contribution is -2.30. The number of aryl methyl sites for hydroxylation is 1. The molecule has 1 atom stereocenters. The maximum atomic E-state index is 11.9. The van der Waals surface area contributed by atoms with Crippen LogP contribution < -0.4 is 4.74 Å². The Morgan fingerprint density at radius 1 is 1.00 bits per heavy atom. The van der Waals surface area contributed by atoms with Crippen LogP contribution in [0, 0.1) is 6.92 Å². The average Bonchev–Trinajstić information content (AvgIpc) is 3.22. The molecule has 0 radical (unpaired) electrons. The van der Waals surface area contributed by atoms with Gasteiger partial charge >= 0.3 is 5.97 Å². The van der Waals surface area contributed by atoms with Gasteiger partial charge in [0.25, 0.3) is 0 Å². The molecule has 0 amide bonds. The zero-order valence-electron chi connectivity index (χ0n) is 19.3. The number of aliphatic carboxylic acids is 1. The Balaban J connectivity index is 1.32. The summed E-state index contributed by atoms with van der Waals surface area (Å²) in [4.78, 5) is 18.3. The first-order valence-electron chi connectivity index (χ1n) is 11.2. The van der Waals surface area contributed by atoms with E-state index in [9.17, 15) is 9.90 Å². The highest BCUT2D eigenvalue weighted by molar-refractivity contribution is 5.75. The predicted molar refractivity (Wildman–Crippen MR) is 131 cm³/mol. The molecule has 0 saturated heterocycles. The lowest BCUT2D eigenvalue weighted by Gasteiger charge is -2.25. The molecule has 0 fully saturated rings. The predicted octanol–water partition coefficient (Wildman–Crippen LogP) is 5.53. The summed E-state index contributed by atoms with van der Waals surface area (Å²) in [6, 6.07) is 26.1. The molecule has 1 heterocycles. The largest absolute Gasteiger partial charge is 0.493 e. The number of carboxylic acid groups (broad SMARTS) is 1. The monoisotopic (exact) mass is 456 g/mol. The van der Waals surface area contributed by atoms with E-state index >= 15 is 0 Å². The van der Waals surface area contributed by atoms with E-state index in [4.69, 9.17) is 9.15 Å². The van der Waals surface area contributed by atoms with E-state index in [1.165, 1.54) is 0 Å². The van der Waals surface area contributed by atoms with Crippen LogP contribution in [0.5, 0.6) is 5.75 Å². The third-order valence-electron chi connectivity index (χ3n) is 5.67. The maximum Gasteiger partial charge on any atom is 0.325 e. The van der Waals surface area contributed by atoms with Gasteiger partial charge in [-0.2, -0.15) is 0 Å². The van der Waals surface area contributed by atoms with E-state index in [2.05, 4.69) is 4.98 Å². The van der Waals surface area contributed by atoms with Gasteiger partial charge < -0.3 is 14.3 Å². The van der Waals surface area contributed by atoms with Crippen molar-refractivity contribution in [2.24, 2.45) is 0 Å². The van der Waals surface area contributed by atoms with Crippen LogP contribution in [-0.4, -0.2) is 34.6 Å². The molecule has 0 saturated carbocycles. The first kappa shape index (κ1) is 23.3. The average molecular weight is 457 g/mol. The van der Waals surface area contributed by atoms with Crippen LogP contribution in [0.4, 0.5) is 0 Å². The van der Waals surface area contributed by atoms with Crippen LogP contribution in [0.15, 0.2) is 89.3 Å². The summed E-state index contributed by atoms with van der Waals surface area (Å²) < 4.78 is 11.7. The van der Waals surface area contributed by atoms with Crippen LogP contribution in [0.2, 0.25) is 0 Å². The Labute approximate surface area is 199 Å². The van der Waals surface area contributed by atoms with E-state index in [0.717, 1.165) is 33.9 Å². The molecule has 6 nitrogen and oxygen atoms in total. The van der Waals surface area contributed by atoms with E-state index in [0.29, 0.717) is 25.5 Å². The van der Waals surface area contributed by atoms with Crippen LogP contribution in [-0.2, 0) is 17.8 Å². The highest BCUT2D eigenvalue weighted by Crippen LogP contribution is 2.24. The van der Waals surface area contributed by atoms with Gasteiger partial charge in [0.1, 0.15) is 17.6 Å². The lowest BCUT2D eigenvalue weighted by atomic mass is 10.1. The van der Waals surface area contributed by atoms with Crippen molar-refractivity contribution in [3.8, 4) is 17.2 Å². The van der Waals surface area contributed by atoms with Crippen LogP contribution >= 0.6 is 0 Å². The number of ether oxygens (including phenoxy) is 1. The van der Waals surface area contributed by atoms with Crippen molar-refractivity contribution < 1.29 is 19.1 Å². The number of carboxylic acids is 1. The minimum absolute atomic E-state index is 0.482. The molecule has 0 aliphatic rings. The maximum absolute atomic E-state index is 11.9. The quantitative estimate of drug-likeness (QED) is 0.338. The molecular weight excluding hydrogens is 428 g/mol. The summed E-state index contributed by atoms with van der Waals surface area (Å²) in [6.07, 6.45) is 0.643. The Kier molecular flexibility index (Phi) is 7.40. The zero-order chi connectivity index (χ0) is 23.9. The smallest absolute Gasteiger partial charge is 0.325 e. The van der Waals surface area contributed by atoms with Crippen molar-refractivity contribution in [2.75, 3.05) is 13.7 Å². The molecule has 1 unspecified atom stereocenters. The van der Waals surface area contributed by atoms with Crippen molar-refractivity contribution in [2.45, 2.75) is 25.9 Å². The minimum atomic E-state index is -0.868. The van der Waals surface area contributed by atoms with E-state index in [1.54, 1.807) is 0 Å². The number of oxazole rings is 1. The number of nitrogens with zero attached hydrogens (tertiary/aromatic N) is 2. The fourth-order valence-electron chi connectivity index (χ4n) is 3.92. The van der Waals surface area contributed by atoms with Gasteiger partial charge in [-0.05, 0) is 49.4 Å². The van der Waals surface area contributed by atoms with Crippen molar-refractivity contribution in [3.05, 3.63) is 108 Å². The summed E-state index contributed by atoms with van der Waals surface area (Å²) >= 11 is 0. The van der Waals surface area contributed by atoms with Gasteiger partial charge in [0, 0.05) is 18.5 Å². The van der Waals surface area contributed by atoms with Crippen LogP contribution in [0.3, 0.4) is 0 Å². The second kappa shape index (κ2) is 10.8. The summed E-state index contributed by atoms with van der Waals surface area (Å²) in [7, 11) is 1.82. The van der Waals surface area contributed by atoms with Gasteiger partial charge in [-0.15, -0.1) is 0 Å². The first-order valence-corrected chi connectivity index (χ1v) is 11.2. The number of aromatic nitrogens is 1. The molecule has 1 aromatic heterocycles. The molecule has 6 heteroatoms. The van der Waals surface area contributed by atoms with Crippen molar-refractivity contribution >= 4 is 5.97 Å². The number of hydrogen-bond acceptors (Lipinski definition) is 5. The molecule has 0 spiro atoms. The minimum Gasteiger partial charge on any atom is -0.493 e. The summed E-state index contributed by atoms with van der Waals surface area (Å²) in [5, 5.41) is 9.72. The second-order valence-electron chi connectivity index (χ2n) is 8.20. The Hall–Kier alpha value is -3.90. The van der Waals surface area contributed by atoms with Gasteiger partial charge in [-0.25, -0.2) is 4.98 Å². The van der Waals surface area contributed by atoms with Gasteiger partial charge in [0.05, 0.1) is 12.3 Å². The van der Waals surface area contributed by atoms with Crippen LogP contribution in [0.25, 0.3) is 11.5 Å². The van der Waals surface area contributed by atoms with Gasteiger partial charge in [0.15, 0.2) is 0 Å². The van der Waals surface area contributed by atoms with E-state index < -0.39 is 12.0 Å². The number of rotatable bonds is 10. The number of hydrogen-bond donors (Lipinski definition) is 1. The van der Waals surface area contributed by atoms with Crippen LogP contribution in [0.1, 0.15) is 28.6 Å². The SMILES string of the molecule is Cc1oc(-c2ccccc2)nc1CCOc1ccc(CN(C)C(C(=O)O)c2ccccc2)cc1. The van der Waals surface area contributed by atoms with Gasteiger partial charge in [0.2, 0.25) is 5.89 Å². The molecule has 3 aromatic carbocycles. The van der Waals surface area contributed by atoms with Crippen molar-refractivity contribution in [1.29, 1.82) is 0 Å². The van der Waals surface area contributed by atoms with E-state index in [-0.39, 0.29) is 0 Å². The molecular formula is C28H28N2O4. The summed E-state index contributed by atoms with van der Waals surface area (Å²) in [6.45, 7) is 2.91. The second-order valence-corrected chi connectivity index (χ2v) is 8.20. The van der Waals surface area contributed by atoms with Crippen molar-refractivity contribution in [3.63, 3.8) is 0 Å². The number of likely N-dealkylation sites (N-methyl/N-ethyl adjacent to an activating group) is 1. The molecule has 0 bridgehead atoms. The lowest BCUT2D eigenvalue weighted by molar-refractivity contribution is -0.143. The Morgan fingerprint density at radius 2 is 1.65 bits per heavy atom. The third kappa shape index (κ3) is 5.71. The normalized spacial score (nSPS) is 12.0. The molecule has 4 aromatic rings. The topological polar surface area (TPSA) is 75.8 Å². The molecule has 1 N–H and O–H groups in total. The molecule has 4 rings (SSSR count). The third-order valence-corrected chi connectivity index (χ3v) is 5.67. The molecule has 174 valence electrons. The summed E-state index contributed by atoms with van der Waals surface area (Å²) in [5.41, 5.74) is 3.61. The highest BCUT2D eigenvalue weighted by Gasteiger charge is 2.24. The Morgan fingerprint density at radius 3 is 2.29 bits per heavy atom. The van der Waals surface area contributed by atoms with Gasteiger partial charge in [-0.1, -0.05) is 60.7 Å². The standard InChI is InChI=1S/C28H28N2O4/c1-20-25(29-27(34-20)23-11-7-4-8-12-23)17-18-33-24-15-13-21(14-16-24)19-30(2)26(28(31)32)22-9-5-3-6-10-22/h3-16,26H,17-19H2,1-2H3,(H,31,32). The zero-order valence-corrected chi connectivity index (χ0v) is 19.3. The molecule has 0 aliphatic heterocycles. The summed E-state index contributed by atoms with van der Waals surface area (Å²) in [5.74, 6) is 1.31. The molecule has 0 aliphatic carbocycles. The van der Waals surface area contributed by atoms with Gasteiger partial charge in [-0.3, -0.25) is 9.69 Å². The highest BCUT2D eigenvalue weighted by atomic mass is 16.5. The fourth-order valence-corrected chi connectivity index (χ4v) is 3.92.